The molecule has 1 aromatic carbocycles. The second kappa shape index (κ2) is 2.58. The molecule has 2 rings (SSSR count). The van der Waals surface area contributed by atoms with Gasteiger partial charge in [0.25, 0.3) is 0 Å². The van der Waals surface area contributed by atoms with E-state index in [-0.39, 0.29) is 5.56 Å². The van der Waals surface area contributed by atoms with Crippen LogP contribution in [-0.2, 0) is 0 Å². The molecule has 0 aliphatic carbocycles. The normalized spacial score (nSPS) is 10.5. The van der Waals surface area contributed by atoms with Crippen molar-refractivity contribution in [1.82, 2.24) is 4.98 Å². The van der Waals surface area contributed by atoms with E-state index < -0.39 is 11.8 Å². The van der Waals surface area contributed by atoms with Crippen molar-refractivity contribution in [2.45, 2.75) is 0 Å². The van der Waals surface area contributed by atoms with Crippen LogP contribution in [0, 0.1) is 5.82 Å². The van der Waals surface area contributed by atoms with Crippen molar-refractivity contribution in [3.05, 3.63) is 35.8 Å². The van der Waals surface area contributed by atoms with Crippen molar-refractivity contribution in [2.75, 3.05) is 0 Å². The van der Waals surface area contributed by atoms with Crippen molar-refractivity contribution in [2.24, 2.45) is 0 Å². The van der Waals surface area contributed by atoms with Gasteiger partial charge < -0.3 is 10.1 Å². The Balaban J connectivity index is 2.80. The molecule has 0 amide bonds. The first kappa shape index (κ1) is 7.79. The highest BCUT2D eigenvalue weighted by Crippen LogP contribution is 2.19. The summed E-state index contributed by atoms with van der Waals surface area (Å²) in [7, 11) is 0. The molecular weight excluding hydrogens is 173 g/mol. The fraction of sp³-hybridized carbons (Fsp3) is 0. The van der Waals surface area contributed by atoms with E-state index >= 15 is 0 Å². The Morgan fingerprint density at radius 3 is 2.85 bits per heavy atom. The largest absolute Gasteiger partial charge is 0.478 e. The number of rotatable bonds is 1. The van der Waals surface area contributed by atoms with Crippen LogP contribution in [0.15, 0.2) is 24.4 Å². The molecule has 2 N–H and O–H groups in total. The molecule has 1 aromatic heterocycles. The zero-order valence-electron chi connectivity index (χ0n) is 6.54. The summed E-state index contributed by atoms with van der Waals surface area (Å²) >= 11 is 0. The van der Waals surface area contributed by atoms with Crippen LogP contribution in [0.4, 0.5) is 4.39 Å². The van der Waals surface area contributed by atoms with Crippen LogP contribution in [0.5, 0.6) is 0 Å². The Kier molecular flexibility index (Phi) is 1.55. The molecular formula is C9H6FNO2. The molecule has 0 aliphatic heterocycles. The van der Waals surface area contributed by atoms with Gasteiger partial charge in [0.15, 0.2) is 0 Å². The van der Waals surface area contributed by atoms with Crippen LogP contribution >= 0.6 is 0 Å². The predicted molar refractivity (Wildman–Crippen MR) is 45.2 cm³/mol. The maximum atomic E-state index is 13.4. The highest BCUT2D eigenvalue weighted by atomic mass is 19.1. The van der Waals surface area contributed by atoms with Crippen LogP contribution in [0.3, 0.4) is 0 Å². The summed E-state index contributed by atoms with van der Waals surface area (Å²) in [6, 6.07) is 4.30. The maximum Gasteiger partial charge on any atom is 0.338 e. The number of hydrogen-bond acceptors (Lipinski definition) is 1. The van der Waals surface area contributed by atoms with Gasteiger partial charge in [-0.15, -0.1) is 0 Å². The Bertz CT molecular complexity index is 475. The quantitative estimate of drug-likeness (QED) is 0.703. The summed E-state index contributed by atoms with van der Waals surface area (Å²) in [5.41, 5.74) is 0.301. The lowest BCUT2D eigenvalue weighted by molar-refractivity contribution is 0.0692. The van der Waals surface area contributed by atoms with E-state index in [0.29, 0.717) is 10.9 Å². The highest BCUT2D eigenvalue weighted by molar-refractivity contribution is 5.94. The summed E-state index contributed by atoms with van der Waals surface area (Å²) in [5.74, 6) is -1.94. The number of carboxylic acid groups (broad SMARTS) is 1. The van der Waals surface area contributed by atoms with Gasteiger partial charge in [-0.2, -0.15) is 0 Å². The zero-order chi connectivity index (χ0) is 9.42. The summed E-state index contributed by atoms with van der Waals surface area (Å²) < 4.78 is 13.4. The van der Waals surface area contributed by atoms with Crippen LogP contribution in [0.2, 0.25) is 0 Å². The molecule has 0 radical (unpaired) electrons. The molecule has 0 spiro atoms. The smallest absolute Gasteiger partial charge is 0.338 e. The third-order valence-corrected chi connectivity index (χ3v) is 1.90. The van der Waals surface area contributed by atoms with Gasteiger partial charge >= 0.3 is 5.97 Å². The van der Waals surface area contributed by atoms with Gasteiger partial charge in [-0.05, 0) is 18.2 Å². The van der Waals surface area contributed by atoms with Crippen molar-refractivity contribution in [1.29, 1.82) is 0 Å². The lowest BCUT2D eigenvalue weighted by atomic mass is 10.1. The summed E-state index contributed by atoms with van der Waals surface area (Å²) in [6.45, 7) is 0. The van der Waals surface area contributed by atoms with Crippen LogP contribution < -0.4 is 0 Å². The fourth-order valence-corrected chi connectivity index (χ4v) is 1.26. The molecule has 0 saturated heterocycles. The first-order valence-electron chi connectivity index (χ1n) is 3.69. The van der Waals surface area contributed by atoms with Crippen molar-refractivity contribution < 1.29 is 14.3 Å². The minimum Gasteiger partial charge on any atom is -0.478 e. The second-order valence-electron chi connectivity index (χ2n) is 2.67. The van der Waals surface area contributed by atoms with E-state index in [4.69, 9.17) is 5.11 Å². The fourth-order valence-electron chi connectivity index (χ4n) is 1.26. The number of aromatic carboxylic acids is 1. The molecule has 66 valence electrons. The van der Waals surface area contributed by atoms with Gasteiger partial charge in [-0.3, -0.25) is 0 Å². The van der Waals surface area contributed by atoms with E-state index in [9.17, 15) is 9.18 Å². The number of benzene rings is 1. The van der Waals surface area contributed by atoms with Crippen molar-refractivity contribution >= 4 is 16.9 Å². The second-order valence-corrected chi connectivity index (χ2v) is 2.67. The predicted octanol–water partition coefficient (Wildman–Crippen LogP) is 2.01. The van der Waals surface area contributed by atoms with E-state index in [0.717, 1.165) is 0 Å². The number of aromatic nitrogens is 1. The monoisotopic (exact) mass is 179 g/mol. The average molecular weight is 179 g/mol. The molecule has 0 unspecified atom stereocenters. The van der Waals surface area contributed by atoms with Crippen LogP contribution in [0.1, 0.15) is 10.4 Å². The number of hydrogen-bond donors (Lipinski definition) is 2. The van der Waals surface area contributed by atoms with Crippen molar-refractivity contribution in [3.63, 3.8) is 0 Å². The molecule has 13 heavy (non-hydrogen) atoms. The lowest BCUT2D eigenvalue weighted by Crippen LogP contribution is -1.99. The Morgan fingerprint density at radius 1 is 1.38 bits per heavy atom. The lowest BCUT2D eigenvalue weighted by Gasteiger charge is -1.97. The molecule has 0 bridgehead atoms. The third-order valence-electron chi connectivity index (χ3n) is 1.90. The molecule has 3 nitrogen and oxygen atoms in total. The molecule has 0 aliphatic rings. The minimum atomic E-state index is -1.25. The minimum absolute atomic E-state index is 0.299. The summed E-state index contributed by atoms with van der Waals surface area (Å²) in [6.07, 6.45) is 1.57. The topological polar surface area (TPSA) is 53.1 Å². The number of H-pyrrole nitrogens is 1. The number of aromatic amines is 1. The van der Waals surface area contributed by atoms with E-state index in [1.807, 2.05) is 0 Å². The van der Waals surface area contributed by atoms with Gasteiger partial charge in [-0.1, -0.05) is 0 Å². The van der Waals surface area contributed by atoms with Crippen molar-refractivity contribution in [3.8, 4) is 0 Å². The third kappa shape index (κ3) is 1.07. The number of carboxylic acids is 1. The number of nitrogens with one attached hydrogen (secondary N) is 1. The first-order chi connectivity index (χ1) is 6.20. The highest BCUT2D eigenvalue weighted by Gasteiger charge is 2.12. The molecule has 1 heterocycles. The zero-order valence-corrected chi connectivity index (χ0v) is 6.54. The van der Waals surface area contributed by atoms with E-state index in [1.54, 1.807) is 12.3 Å². The van der Waals surface area contributed by atoms with Gasteiger partial charge in [0, 0.05) is 17.1 Å². The Labute approximate surface area is 72.8 Å². The van der Waals surface area contributed by atoms with Gasteiger partial charge in [0.05, 0.1) is 5.56 Å². The Hall–Kier alpha value is -1.84. The van der Waals surface area contributed by atoms with Crippen LogP contribution in [-0.4, -0.2) is 16.1 Å². The molecule has 0 fully saturated rings. The molecule has 0 saturated carbocycles. The first-order valence-corrected chi connectivity index (χ1v) is 3.69. The van der Waals surface area contributed by atoms with Gasteiger partial charge in [0.1, 0.15) is 5.82 Å². The van der Waals surface area contributed by atoms with E-state index in [2.05, 4.69) is 4.98 Å². The summed E-state index contributed by atoms with van der Waals surface area (Å²) in [5, 5.41) is 8.92. The summed E-state index contributed by atoms with van der Waals surface area (Å²) in [4.78, 5) is 13.3. The standard InChI is InChI=1S/C9H6FNO2/c10-8-5-3-4-11-7(5)2-1-6(8)9(12)13/h1-4,11H,(H,12,13). The maximum absolute atomic E-state index is 13.4. The molecule has 2 aromatic rings. The number of carbonyl (C=O) groups is 1. The van der Waals surface area contributed by atoms with Gasteiger partial charge in [-0.25, -0.2) is 9.18 Å². The van der Waals surface area contributed by atoms with Gasteiger partial charge in [0.2, 0.25) is 0 Å². The Morgan fingerprint density at radius 2 is 2.15 bits per heavy atom. The SMILES string of the molecule is O=C(O)c1ccc2[nH]ccc2c1F. The number of fused-ring (bicyclic) bond motifs is 1. The van der Waals surface area contributed by atoms with Crippen LogP contribution in [0.25, 0.3) is 10.9 Å². The van der Waals surface area contributed by atoms with E-state index in [1.165, 1.54) is 12.1 Å². The average Bonchev–Trinajstić information content (AvgIpc) is 2.52. The molecule has 4 heteroatoms. The number of halogens is 1. The molecule has 0 atom stereocenters.